The van der Waals surface area contributed by atoms with Gasteiger partial charge in [-0.05, 0) is 49.8 Å². The number of fused-ring (bicyclic) bond motifs is 1. The second kappa shape index (κ2) is 3.56. The first kappa shape index (κ1) is 9.45. The number of hydrogen-bond donors (Lipinski definition) is 0. The van der Waals surface area contributed by atoms with Crippen LogP contribution >= 0.6 is 0 Å². The Kier molecular flexibility index (Phi) is 2.40. The fraction of sp³-hybridized carbons (Fsp3) is 0.462. The molecule has 0 radical (unpaired) electrons. The van der Waals surface area contributed by atoms with Gasteiger partial charge in [0.25, 0.3) is 0 Å². The van der Waals surface area contributed by atoms with Gasteiger partial charge >= 0.3 is 0 Å². The Morgan fingerprint density at radius 3 is 2.86 bits per heavy atom. The van der Waals surface area contributed by atoms with Crippen molar-refractivity contribution >= 4 is 6.29 Å². The average molecular weight is 188 g/mol. The average Bonchev–Trinajstić information content (AvgIpc) is 2.17. The summed E-state index contributed by atoms with van der Waals surface area (Å²) in [6.07, 6.45) is 4.43. The number of carbonyl (C=O) groups excluding carboxylic acids is 1. The van der Waals surface area contributed by atoms with Crippen LogP contribution in [-0.2, 0) is 11.2 Å². The molecule has 1 aliphatic carbocycles. The van der Waals surface area contributed by atoms with Crippen molar-refractivity contribution in [2.75, 3.05) is 0 Å². The second-order valence-corrected chi connectivity index (χ2v) is 4.28. The Hall–Kier alpha value is -1.11. The maximum Gasteiger partial charge on any atom is 0.127 e. The van der Waals surface area contributed by atoms with Crippen LogP contribution in [0.2, 0.25) is 0 Å². The summed E-state index contributed by atoms with van der Waals surface area (Å²) in [7, 11) is 0. The van der Waals surface area contributed by atoms with E-state index in [0.29, 0.717) is 0 Å². The lowest BCUT2D eigenvalue weighted by Crippen LogP contribution is -2.12. The Morgan fingerprint density at radius 2 is 2.14 bits per heavy atom. The highest BCUT2D eigenvalue weighted by molar-refractivity contribution is 5.65. The summed E-state index contributed by atoms with van der Waals surface area (Å²) in [6, 6.07) is 4.40. The molecule has 1 atom stereocenters. The molecule has 74 valence electrons. The number of rotatable bonds is 1. The van der Waals surface area contributed by atoms with E-state index in [9.17, 15) is 4.79 Å². The maximum absolute atomic E-state index is 10.9. The Labute approximate surface area is 85.1 Å². The van der Waals surface area contributed by atoms with Crippen LogP contribution in [0.5, 0.6) is 0 Å². The summed E-state index contributed by atoms with van der Waals surface area (Å²) in [4.78, 5) is 10.9. The first-order valence-corrected chi connectivity index (χ1v) is 5.27. The van der Waals surface area contributed by atoms with Crippen LogP contribution in [0.15, 0.2) is 12.1 Å². The van der Waals surface area contributed by atoms with Gasteiger partial charge in [-0.1, -0.05) is 17.7 Å². The van der Waals surface area contributed by atoms with Crippen LogP contribution in [-0.4, -0.2) is 6.29 Å². The monoisotopic (exact) mass is 188 g/mol. The van der Waals surface area contributed by atoms with Gasteiger partial charge in [0, 0.05) is 5.92 Å². The van der Waals surface area contributed by atoms with E-state index < -0.39 is 0 Å². The summed E-state index contributed by atoms with van der Waals surface area (Å²) in [5, 5.41) is 0. The van der Waals surface area contributed by atoms with Gasteiger partial charge in [0.1, 0.15) is 6.29 Å². The number of aldehydes is 1. The van der Waals surface area contributed by atoms with Gasteiger partial charge in [0.05, 0.1) is 0 Å². The molecule has 0 saturated carbocycles. The Morgan fingerprint density at radius 1 is 1.36 bits per heavy atom. The molecule has 1 nitrogen and oxygen atoms in total. The molecule has 0 aromatic heterocycles. The molecule has 0 bridgehead atoms. The van der Waals surface area contributed by atoms with Gasteiger partial charge in [-0.3, -0.25) is 0 Å². The van der Waals surface area contributed by atoms with Gasteiger partial charge in [-0.15, -0.1) is 0 Å². The van der Waals surface area contributed by atoms with Crippen molar-refractivity contribution in [2.24, 2.45) is 0 Å². The molecule has 0 saturated heterocycles. The zero-order chi connectivity index (χ0) is 10.1. The van der Waals surface area contributed by atoms with Gasteiger partial charge in [-0.25, -0.2) is 0 Å². The largest absolute Gasteiger partial charge is 0.303 e. The van der Waals surface area contributed by atoms with Crippen molar-refractivity contribution in [1.82, 2.24) is 0 Å². The highest BCUT2D eigenvalue weighted by atomic mass is 16.1. The molecule has 1 aliphatic rings. The normalized spacial score (nSPS) is 20.3. The fourth-order valence-corrected chi connectivity index (χ4v) is 2.50. The molecule has 0 N–H and O–H groups in total. The summed E-state index contributed by atoms with van der Waals surface area (Å²) < 4.78 is 0. The van der Waals surface area contributed by atoms with Crippen molar-refractivity contribution in [1.29, 1.82) is 0 Å². The van der Waals surface area contributed by atoms with Crippen LogP contribution in [0.1, 0.15) is 41.0 Å². The summed E-state index contributed by atoms with van der Waals surface area (Å²) in [5.41, 5.74) is 5.32. The molecule has 0 amide bonds. The lowest BCUT2D eigenvalue weighted by Gasteiger charge is -2.23. The van der Waals surface area contributed by atoms with E-state index in [2.05, 4.69) is 26.0 Å². The molecule has 1 heteroatoms. The van der Waals surface area contributed by atoms with Crippen LogP contribution in [0.4, 0.5) is 0 Å². The van der Waals surface area contributed by atoms with Crippen LogP contribution < -0.4 is 0 Å². The smallest absolute Gasteiger partial charge is 0.127 e. The summed E-state index contributed by atoms with van der Waals surface area (Å²) in [6.45, 7) is 4.25. The molecule has 1 aromatic carbocycles. The second-order valence-electron chi connectivity index (χ2n) is 4.28. The molecule has 0 fully saturated rings. The van der Waals surface area contributed by atoms with Crippen LogP contribution in [0.3, 0.4) is 0 Å². The van der Waals surface area contributed by atoms with Crippen molar-refractivity contribution in [3.05, 3.63) is 34.4 Å². The fourth-order valence-electron chi connectivity index (χ4n) is 2.50. The van der Waals surface area contributed by atoms with Crippen LogP contribution in [0, 0.1) is 13.8 Å². The van der Waals surface area contributed by atoms with E-state index in [-0.39, 0.29) is 5.92 Å². The zero-order valence-corrected chi connectivity index (χ0v) is 8.84. The SMILES string of the molecule is Cc1cc(C)c2c(c1)C(C=O)CCC2. The first-order chi connectivity index (χ1) is 6.72. The lowest BCUT2D eigenvalue weighted by molar-refractivity contribution is -0.109. The quantitative estimate of drug-likeness (QED) is 0.619. The zero-order valence-electron chi connectivity index (χ0n) is 8.84. The number of aryl methyl sites for hydroxylation is 2. The molecule has 1 unspecified atom stereocenters. The standard InChI is InChI=1S/C13H16O/c1-9-6-10(2)12-5-3-4-11(8-14)13(12)7-9/h6-8,11H,3-5H2,1-2H3. The van der Waals surface area contributed by atoms with Gasteiger partial charge in [0.2, 0.25) is 0 Å². The lowest BCUT2D eigenvalue weighted by atomic mass is 9.81. The topological polar surface area (TPSA) is 17.1 Å². The molecule has 0 aliphatic heterocycles. The summed E-state index contributed by atoms with van der Waals surface area (Å²) >= 11 is 0. The molecular formula is C13H16O. The molecule has 0 heterocycles. The third-order valence-electron chi connectivity index (χ3n) is 3.16. The molecule has 0 spiro atoms. The Balaban J connectivity index is 2.56. The first-order valence-electron chi connectivity index (χ1n) is 5.27. The maximum atomic E-state index is 10.9. The van der Waals surface area contributed by atoms with Crippen LogP contribution in [0.25, 0.3) is 0 Å². The highest BCUT2D eigenvalue weighted by Gasteiger charge is 2.20. The highest BCUT2D eigenvalue weighted by Crippen LogP contribution is 2.32. The minimum absolute atomic E-state index is 0.150. The van der Waals surface area contributed by atoms with Crippen molar-refractivity contribution in [3.63, 3.8) is 0 Å². The minimum Gasteiger partial charge on any atom is -0.303 e. The molecular weight excluding hydrogens is 172 g/mol. The molecule has 1 aromatic rings. The minimum atomic E-state index is 0.150. The van der Waals surface area contributed by atoms with Gasteiger partial charge < -0.3 is 4.79 Å². The van der Waals surface area contributed by atoms with E-state index in [1.807, 2.05) is 0 Å². The van der Waals surface area contributed by atoms with E-state index >= 15 is 0 Å². The predicted molar refractivity (Wildman–Crippen MR) is 57.7 cm³/mol. The van der Waals surface area contributed by atoms with Gasteiger partial charge in [0.15, 0.2) is 0 Å². The third-order valence-corrected chi connectivity index (χ3v) is 3.16. The van der Waals surface area contributed by atoms with E-state index in [1.54, 1.807) is 0 Å². The van der Waals surface area contributed by atoms with E-state index in [4.69, 9.17) is 0 Å². The third kappa shape index (κ3) is 1.47. The van der Waals surface area contributed by atoms with Crippen molar-refractivity contribution < 1.29 is 4.79 Å². The predicted octanol–water partition coefficient (Wildman–Crippen LogP) is 2.92. The molecule has 2 rings (SSSR count). The van der Waals surface area contributed by atoms with Crippen molar-refractivity contribution in [3.8, 4) is 0 Å². The number of hydrogen-bond acceptors (Lipinski definition) is 1. The molecule has 14 heavy (non-hydrogen) atoms. The number of carbonyl (C=O) groups is 1. The van der Waals surface area contributed by atoms with E-state index in [1.165, 1.54) is 22.3 Å². The number of benzene rings is 1. The van der Waals surface area contributed by atoms with Gasteiger partial charge in [-0.2, -0.15) is 0 Å². The van der Waals surface area contributed by atoms with E-state index in [0.717, 1.165) is 25.5 Å². The Bertz CT molecular complexity index is 366. The van der Waals surface area contributed by atoms with Crippen molar-refractivity contribution in [2.45, 2.75) is 39.0 Å². The summed E-state index contributed by atoms with van der Waals surface area (Å²) in [5.74, 6) is 0.150.